The second kappa shape index (κ2) is 5.64. The monoisotopic (exact) mass is 284 g/mol. The lowest BCUT2D eigenvalue weighted by atomic mass is 10.2. The molecule has 0 aromatic rings. The minimum atomic E-state index is -3.27. The second-order valence-corrected chi connectivity index (χ2v) is 8.25. The molecule has 0 heterocycles. The van der Waals surface area contributed by atoms with Crippen molar-refractivity contribution in [3.63, 3.8) is 0 Å². The van der Waals surface area contributed by atoms with Crippen LogP contribution in [0.1, 0.15) is 25.7 Å². The number of hydrogen-bond donors (Lipinski definition) is 1. The molecule has 1 aliphatic rings. The highest BCUT2D eigenvalue weighted by Crippen LogP contribution is 2.24. The molecule has 102 valence electrons. The highest BCUT2D eigenvalue weighted by atomic mass is 32.2. The molecule has 1 rings (SSSR count). The van der Waals surface area contributed by atoms with Crippen LogP contribution in [0.15, 0.2) is 0 Å². The van der Waals surface area contributed by atoms with Gasteiger partial charge in [-0.1, -0.05) is 12.8 Å². The van der Waals surface area contributed by atoms with Crippen molar-refractivity contribution in [3.05, 3.63) is 0 Å². The maximum Gasteiger partial charge on any atom is 0.211 e. The Kier molecular flexibility index (Phi) is 4.94. The van der Waals surface area contributed by atoms with Gasteiger partial charge in [0.05, 0.1) is 12.5 Å². The van der Waals surface area contributed by atoms with Crippen molar-refractivity contribution in [3.8, 4) is 0 Å². The third-order valence-electron chi connectivity index (χ3n) is 2.85. The van der Waals surface area contributed by atoms with Crippen LogP contribution in [0.5, 0.6) is 0 Å². The zero-order valence-corrected chi connectivity index (χ0v) is 11.8. The maximum absolute atomic E-state index is 11.6. The van der Waals surface area contributed by atoms with Crippen molar-refractivity contribution in [2.45, 2.75) is 31.7 Å². The summed E-state index contributed by atoms with van der Waals surface area (Å²) in [7, 11) is -6.53. The predicted octanol–water partition coefficient (Wildman–Crippen LogP) is -0.260. The first-order valence-corrected chi connectivity index (χ1v) is 9.35. The van der Waals surface area contributed by atoms with Crippen molar-refractivity contribution < 1.29 is 16.8 Å². The van der Waals surface area contributed by atoms with Gasteiger partial charge >= 0.3 is 0 Å². The third-order valence-corrected chi connectivity index (χ3v) is 4.92. The summed E-state index contributed by atoms with van der Waals surface area (Å²) in [6.45, 7) is 0.332. The van der Waals surface area contributed by atoms with Gasteiger partial charge < -0.3 is 0 Å². The Balaban J connectivity index is 2.59. The van der Waals surface area contributed by atoms with E-state index in [-0.39, 0.29) is 19.1 Å². The average molecular weight is 284 g/mol. The number of hydrogen-bond acceptors (Lipinski definition) is 4. The largest absolute Gasteiger partial charge is 0.214 e. The smallest absolute Gasteiger partial charge is 0.211 e. The Hall–Kier alpha value is -0.180. The van der Waals surface area contributed by atoms with Gasteiger partial charge in [0.25, 0.3) is 0 Å². The van der Waals surface area contributed by atoms with Crippen LogP contribution in [-0.4, -0.2) is 52.8 Å². The molecule has 8 heteroatoms. The summed E-state index contributed by atoms with van der Waals surface area (Å²) in [6.07, 6.45) is 6.05. The highest BCUT2D eigenvalue weighted by Gasteiger charge is 2.28. The summed E-state index contributed by atoms with van der Waals surface area (Å²) in [4.78, 5) is 0. The second-order valence-electron chi connectivity index (χ2n) is 4.48. The molecule has 0 unspecified atom stereocenters. The summed E-state index contributed by atoms with van der Waals surface area (Å²) in [5, 5.41) is 0. The van der Waals surface area contributed by atoms with Crippen LogP contribution in [0.4, 0.5) is 0 Å². The van der Waals surface area contributed by atoms with Gasteiger partial charge in [-0.05, 0) is 12.8 Å². The van der Waals surface area contributed by atoms with Gasteiger partial charge in [-0.3, -0.25) is 0 Å². The van der Waals surface area contributed by atoms with Crippen LogP contribution in [0.2, 0.25) is 0 Å². The van der Waals surface area contributed by atoms with E-state index in [1.54, 1.807) is 0 Å². The molecule has 1 saturated carbocycles. The van der Waals surface area contributed by atoms with E-state index in [1.807, 2.05) is 0 Å². The Morgan fingerprint density at radius 3 is 2.06 bits per heavy atom. The molecule has 0 aromatic heterocycles. The first-order chi connectivity index (χ1) is 7.70. The van der Waals surface area contributed by atoms with E-state index < -0.39 is 20.0 Å². The fourth-order valence-electron chi connectivity index (χ4n) is 2.15. The summed E-state index contributed by atoms with van der Waals surface area (Å²) in [5.74, 6) is 0. The molecular formula is C9H20N2O4S2. The minimum Gasteiger partial charge on any atom is -0.214 e. The van der Waals surface area contributed by atoms with Gasteiger partial charge in [-0.15, -0.1) is 0 Å². The first kappa shape index (κ1) is 14.9. The quantitative estimate of drug-likeness (QED) is 0.728. The van der Waals surface area contributed by atoms with E-state index in [9.17, 15) is 16.8 Å². The van der Waals surface area contributed by atoms with Crippen LogP contribution in [-0.2, 0) is 20.0 Å². The van der Waals surface area contributed by atoms with Crippen LogP contribution >= 0.6 is 0 Å². The molecule has 1 fully saturated rings. The van der Waals surface area contributed by atoms with Crippen LogP contribution in [0.25, 0.3) is 0 Å². The molecule has 17 heavy (non-hydrogen) atoms. The molecule has 0 aliphatic heterocycles. The molecule has 0 spiro atoms. The number of sulfonamides is 2. The summed E-state index contributed by atoms with van der Waals surface area (Å²) in [6, 6.07) is 0.0337. The lowest BCUT2D eigenvalue weighted by Crippen LogP contribution is -2.42. The number of rotatable bonds is 6. The molecule has 0 radical (unpaired) electrons. The van der Waals surface area contributed by atoms with Crippen LogP contribution < -0.4 is 4.72 Å². The minimum absolute atomic E-state index is 0.0337. The molecule has 1 aliphatic carbocycles. The normalized spacial score (nSPS) is 19.0. The SMILES string of the molecule is CS(=O)(=O)NCCN(C1CCCC1)S(C)(=O)=O. The Bertz CT molecular complexity index is 438. The Labute approximate surface area is 103 Å². The fourth-order valence-corrected chi connectivity index (χ4v) is 3.79. The standard InChI is InChI=1S/C9H20N2O4S2/c1-16(12,13)10-7-8-11(17(2,14)15)9-5-3-4-6-9/h9-10H,3-8H2,1-2H3. The fraction of sp³-hybridized carbons (Fsp3) is 1.00. The van der Waals surface area contributed by atoms with E-state index in [1.165, 1.54) is 10.6 Å². The van der Waals surface area contributed by atoms with Gasteiger partial charge in [0.1, 0.15) is 0 Å². The molecule has 1 N–H and O–H groups in total. The Morgan fingerprint density at radius 2 is 1.65 bits per heavy atom. The molecule has 6 nitrogen and oxygen atoms in total. The summed E-state index contributed by atoms with van der Waals surface area (Å²) in [5.41, 5.74) is 0. The van der Waals surface area contributed by atoms with E-state index in [2.05, 4.69) is 4.72 Å². The van der Waals surface area contributed by atoms with E-state index in [0.717, 1.165) is 31.9 Å². The van der Waals surface area contributed by atoms with Crippen molar-refractivity contribution in [2.75, 3.05) is 25.6 Å². The van der Waals surface area contributed by atoms with Gasteiger partial charge in [-0.2, -0.15) is 4.31 Å². The van der Waals surface area contributed by atoms with Gasteiger partial charge in [-0.25, -0.2) is 21.6 Å². The first-order valence-electron chi connectivity index (χ1n) is 5.61. The van der Waals surface area contributed by atoms with Gasteiger partial charge in [0, 0.05) is 19.1 Å². The van der Waals surface area contributed by atoms with Crippen molar-refractivity contribution in [1.82, 2.24) is 9.03 Å². The van der Waals surface area contributed by atoms with Crippen molar-refractivity contribution >= 4 is 20.0 Å². The molecule has 0 bridgehead atoms. The predicted molar refractivity (Wildman–Crippen MR) is 66.7 cm³/mol. The van der Waals surface area contributed by atoms with Gasteiger partial charge in [0.2, 0.25) is 20.0 Å². The van der Waals surface area contributed by atoms with E-state index >= 15 is 0 Å². The Morgan fingerprint density at radius 1 is 1.12 bits per heavy atom. The lowest BCUT2D eigenvalue weighted by Gasteiger charge is -2.26. The van der Waals surface area contributed by atoms with Crippen molar-refractivity contribution in [1.29, 1.82) is 0 Å². The highest BCUT2D eigenvalue weighted by molar-refractivity contribution is 7.88. The van der Waals surface area contributed by atoms with E-state index in [4.69, 9.17) is 0 Å². The molecular weight excluding hydrogens is 264 g/mol. The zero-order chi connectivity index (χ0) is 13.1. The molecule has 0 amide bonds. The van der Waals surface area contributed by atoms with Crippen LogP contribution in [0.3, 0.4) is 0 Å². The summed E-state index contributed by atoms with van der Waals surface area (Å²) >= 11 is 0. The lowest BCUT2D eigenvalue weighted by molar-refractivity contribution is 0.328. The third kappa shape index (κ3) is 5.33. The molecule has 0 aromatic carbocycles. The zero-order valence-electron chi connectivity index (χ0n) is 10.2. The number of nitrogens with zero attached hydrogens (tertiary/aromatic N) is 1. The summed E-state index contributed by atoms with van der Waals surface area (Å²) < 4.78 is 48.8. The van der Waals surface area contributed by atoms with Gasteiger partial charge in [0.15, 0.2) is 0 Å². The van der Waals surface area contributed by atoms with E-state index in [0.29, 0.717) is 0 Å². The molecule has 0 atom stereocenters. The topological polar surface area (TPSA) is 83.6 Å². The maximum atomic E-state index is 11.6. The van der Waals surface area contributed by atoms with Crippen molar-refractivity contribution in [2.24, 2.45) is 0 Å². The molecule has 0 saturated heterocycles. The van der Waals surface area contributed by atoms with Crippen LogP contribution in [0, 0.1) is 0 Å². The average Bonchev–Trinajstić information content (AvgIpc) is 2.60. The number of nitrogens with one attached hydrogen (secondary N) is 1.